The predicted molar refractivity (Wildman–Crippen MR) is 106 cm³/mol. The van der Waals surface area contributed by atoms with Crippen LogP contribution in [0, 0.1) is 11.8 Å². The predicted octanol–water partition coefficient (Wildman–Crippen LogP) is 1.22. The van der Waals surface area contributed by atoms with Crippen molar-refractivity contribution < 1.29 is 9.53 Å². The number of fused-ring (bicyclic) bond motifs is 1. The molecule has 2 saturated heterocycles. The van der Waals surface area contributed by atoms with Crippen molar-refractivity contribution in [3.63, 3.8) is 0 Å². The van der Waals surface area contributed by atoms with Crippen LogP contribution in [0.5, 0.6) is 0 Å². The number of urea groups is 1. The number of rotatable bonds is 4. The van der Waals surface area contributed by atoms with Gasteiger partial charge in [-0.05, 0) is 24.8 Å². The second-order valence-corrected chi connectivity index (χ2v) is 8.28. The third kappa shape index (κ3) is 3.72. The van der Waals surface area contributed by atoms with Crippen molar-refractivity contribution in [2.75, 3.05) is 33.0 Å². The van der Waals surface area contributed by atoms with Crippen LogP contribution in [0.4, 0.5) is 4.79 Å². The molecule has 2 fully saturated rings. The first-order valence-electron chi connectivity index (χ1n) is 10.4. The summed E-state index contributed by atoms with van der Waals surface area (Å²) in [6, 6.07) is 2.17. The minimum Gasteiger partial charge on any atom is -0.381 e. The average Bonchev–Trinajstić information content (AvgIpc) is 3.33. The Hall–Kier alpha value is -2.52. The van der Waals surface area contributed by atoms with Gasteiger partial charge in [0.15, 0.2) is 5.82 Å². The van der Waals surface area contributed by atoms with E-state index in [9.17, 15) is 4.79 Å². The molecule has 2 atom stereocenters. The molecule has 0 unspecified atom stereocenters. The van der Waals surface area contributed by atoms with Gasteiger partial charge in [-0.15, -0.1) is 0 Å². The Morgan fingerprint density at radius 2 is 2.00 bits per heavy atom. The molecule has 0 aromatic carbocycles. The van der Waals surface area contributed by atoms with Gasteiger partial charge in [-0.1, -0.05) is 6.92 Å². The van der Waals surface area contributed by atoms with Crippen LogP contribution in [0.15, 0.2) is 35.5 Å². The van der Waals surface area contributed by atoms with Gasteiger partial charge in [0.1, 0.15) is 18.3 Å². The largest absolute Gasteiger partial charge is 0.381 e. The maximum absolute atomic E-state index is 12.8. The van der Waals surface area contributed by atoms with Crippen LogP contribution in [-0.4, -0.2) is 75.5 Å². The number of amides is 2. The number of nitrogens with one attached hydrogen (secondary N) is 1. The maximum Gasteiger partial charge on any atom is 0.329 e. The number of aliphatic imine (C=N–C) groups is 1. The van der Waals surface area contributed by atoms with Crippen LogP contribution in [0.25, 0.3) is 0 Å². The van der Waals surface area contributed by atoms with Crippen LogP contribution in [0.2, 0.25) is 0 Å². The van der Waals surface area contributed by atoms with E-state index in [1.807, 2.05) is 12.3 Å². The quantitative estimate of drug-likeness (QED) is 0.822. The number of likely N-dealkylation sites (tertiary alicyclic amines) is 1. The van der Waals surface area contributed by atoms with Gasteiger partial charge in [-0.3, -0.25) is 15.1 Å². The van der Waals surface area contributed by atoms with Crippen molar-refractivity contribution in [1.29, 1.82) is 0 Å². The first kappa shape index (κ1) is 18.5. The van der Waals surface area contributed by atoms with E-state index in [2.05, 4.69) is 32.0 Å². The molecule has 5 heterocycles. The third-order valence-corrected chi connectivity index (χ3v) is 6.26. The highest BCUT2D eigenvalue weighted by Crippen LogP contribution is 2.30. The fourth-order valence-corrected chi connectivity index (χ4v) is 4.66. The van der Waals surface area contributed by atoms with Gasteiger partial charge < -0.3 is 9.64 Å². The van der Waals surface area contributed by atoms with Gasteiger partial charge in [0, 0.05) is 56.9 Å². The molecule has 154 valence electrons. The van der Waals surface area contributed by atoms with Crippen LogP contribution < -0.4 is 5.32 Å². The number of nitrogens with zero attached hydrogens (tertiary/aromatic N) is 6. The van der Waals surface area contributed by atoms with Gasteiger partial charge >= 0.3 is 6.03 Å². The minimum absolute atomic E-state index is 0.0761. The number of ether oxygens (including phenoxy) is 1. The van der Waals surface area contributed by atoms with Crippen LogP contribution >= 0.6 is 0 Å². The number of aromatic nitrogens is 2. The zero-order valence-corrected chi connectivity index (χ0v) is 16.7. The second kappa shape index (κ2) is 7.72. The van der Waals surface area contributed by atoms with E-state index in [-0.39, 0.29) is 11.9 Å². The molecular weight excluding hydrogens is 370 g/mol. The molecule has 9 nitrogen and oxygen atoms in total. The third-order valence-electron chi connectivity index (χ3n) is 6.26. The molecule has 9 heteroatoms. The van der Waals surface area contributed by atoms with Gasteiger partial charge in [0.25, 0.3) is 0 Å². The van der Waals surface area contributed by atoms with E-state index < -0.39 is 0 Å². The number of hydrogen-bond acceptors (Lipinski definition) is 7. The minimum atomic E-state index is -0.0761. The summed E-state index contributed by atoms with van der Waals surface area (Å²) in [4.78, 5) is 32.6. The zero-order chi connectivity index (χ0) is 19.8. The van der Waals surface area contributed by atoms with Crippen molar-refractivity contribution in [1.82, 2.24) is 30.0 Å². The monoisotopic (exact) mass is 397 g/mol. The molecule has 1 aromatic rings. The average molecular weight is 397 g/mol. The normalized spacial score (nSPS) is 28.2. The Balaban J connectivity index is 1.30. The summed E-state index contributed by atoms with van der Waals surface area (Å²) in [5.74, 6) is 2.97. The Labute approximate surface area is 170 Å². The fraction of sp³-hybridized carbons (Fsp3) is 0.600. The molecule has 1 N–H and O–H groups in total. The van der Waals surface area contributed by atoms with E-state index in [0.29, 0.717) is 18.6 Å². The Morgan fingerprint density at radius 1 is 1.21 bits per heavy atom. The summed E-state index contributed by atoms with van der Waals surface area (Å²) >= 11 is 0. The fourth-order valence-electron chi connectivity index (χ4n) is 4.66. The van der Waals surface area contributed by atoms with Crippen molar-refractivity contribution in [2.24, 2.45) is 16.8 Å². The zero-order valence-electron chi connectivity index (χ0n) is 16.7. The van der Waals surface area contributed by atoms with Crippen molar-refractivity contribution in [3.8, 4) is 0 Å². The molecule has 0 bridgehead atoms. The maximum atomic E-state index is 12.8. The number of carbonyl (C=O) groups is 1. The number of carbonyl (C=O) groups excluding carboxylic acids is 1. The van der Waals surface area contributed by atoms with Gasteiger partial charge in [0.2, 0.25) is 0 Å². The molecule has 0 spiro atoms. The summed E-state index contributed by atoms with van der Waals surface area (Å²) in [6.45, 7) is 6.85. The standard InChI is InChI=1S/C20H27N7O2/c1-14-9-25(11-17-21-5-2-6-22-17)10-16(14)19-23-18-12-26(13-27(18)20(28)24-19)15-3-7-29-8-4-15/h2,5-6,12,14-16H,3-4,7-11,13H2,1H3,(H,23,24,28)/t14-,16-/m1/s1. The molecule has 4 aliphatic rings. The van der Waals surface area contributed by atoms with E-state index in [1.165, 1.54) is 0 Å². The SMILES string of the molecule is C[C@@H]1CN(Cc2ncccn2)C[C@H]1C1=NC2=CN(C3CCOCC3)CN2C(=O)N1. The van der Waals surface area contributed by atoms with E-state index in [1.54, 1.807) is 17.3 Å². The van der Waals surface area contributed by atoms with Crippen LogP contribution in [-0.2, 0) is 11.3 Å². The van der Waals surface area contributed by atoms with Crippen molar-refractivity contribution in [2.45, 2.75) is 32.4 Å². The molecular formula is C20H27N7O2. The van der Waals surface area contributed by atoms with Crippen molar-refractivity contribution >= 4 is 11.9 Å². The molecule has 1 aromatic heterocycles. The topological polar surface area (TPSA) is 86.2 Å². The van der Waals surface area contributed by atoms with Crippen LogP contribution in [0.3, 0.4) is 0 Å². The Bertz CT molecular complexity index is 821. The number of hydrogen-bond donors (Lipinski definition) is 1. The first-order chi connectivity index (χ1) is 14.2. The lowest BCUT2D eigenvalue weighted by Gasteiger charge is -2.32. The second-order valence-electron chi connectivity index (χ2n) is 8.28. The lowest BCUT2D eigenvalue weighted by Crippen LogP contribution is -2.50. The van der Waals surface area contributed by atoms with Gasteiger partial charge in [-0.2, -0.15) is 0 Å². The highest BCUT2D eigenvalue weighted by molar-refractivity contribution is 6.02. The molecule has 5 rings (SSSR count). The molecule has 29 heavy (non-hydrogen) atoms. The summed E-state index contributed by atoms with van der Waals surface area (Å²) in [5, 5.41) is 3.05. The summed E-state index contributed by atoms with van der Waals surface area (Å²) < 4.78 is 5.47. The van der Waals surface area contributed by atoms with Crippen molar-refractivity contribution in [3.05, 3.63) is 36.3 Å². The van der Waals surface area contributed by atoms with E-state index in [4.69, 9.17) is 9.73 Å². The summed E-state index contributed by atoms with van der Waals surface area (Å²) in [6.07, 6.45) is 7.58. The number of amidine groups is 1. The molecule has 0 aliphatic carbocycles. The highest BCUT2D eigenvalue weighted by Gasteiger charge is 2.40. The van der Waals surface area contributed by atoms with Gasteiger partial charge in [0.05, 0.1) is 6.54 Å². The lowest BCUT2D eigenvalue weighted by molar-refractivity contribution is 0.0459. The first-order valence-corrected chi connectivity index (χ1v) is 10.4. The van der Waals surface area contributed by atoms with E-state index in [0.717, 1.165) is 63.2 Å². The van der Waals surface area contributed by atoms with Crippen LogP contribution in [0.1, 0.15) is 25.6 Å². The Kier molecular flexibility index (Phi) is 4.92. The molecule has 0 radical (unpaired) electrons. The smallest absolute Gasteiger partial charge is 0.329 e. The Morgan fingerprint density at radius 3 is 2.79 bits per heavy atom. The van der Waals surface area contributed by atoms with Gasteiger partial charge in [-0.25, -0.2) is 19.8 Å². The summed E-state index contributed by atoms with van der Waals surface area (Å²) in [5.41, 5.74) is 0. The lowest BCUT2D eigenvalue weighted by atomic mass is 9.96. The molecule has 2 amide bonds. The highest BCUT2D eigenvalue weighted by atomic mass is 16.5. The molecule has 4 aliphatic heterocycles. The van der Waals surface area contributed by atoms with E-state index >= 15 is 0 Å². The summed E-state index contributed by atoms with van der Waals surface area (Å²) in [7, 11) is 0. The molecule has 0 saturated carbocycles.